The average Bonchev–Trinajstić information content (AvgIpc) is 2.71. The van der Waals surface area contributed by atoms with E-state index in [-0.39, 0.29) is 41.0 Å². The van der Waals surface area contributed by atoms with Crippen LogP contribution in [0.25, 0.3) is 0 Å². The topological polar surface area (TPSA) is 79.0 Å². The molecule has 3 rings (SSSR count). The van der Waals surface area contributed by atoms with Crippen molar-refractivity contribution in [3.63, 3.8) is 0 Å². The van der Waals surface area contributed by atoms with Crippen molar-refractivity contribution in [2.45, 2.75) is 4.90 Å². The number of piperazine rings is 1. The predicted molar refractivity (Wildman–Crippen MR) is 108 cm³/mol. The molecule has 0 atom stereocenters. The van der Waals surface area contributed by atoms with Gasteiger partial charge in [0.1, 0.15) is 10.6 Å². The first-order valence-electron chi connectivity index (χ1n) is 9.01. The molecule has 0 radical (unpaired) electrons. The maximum absolute atomic E-state index is 13.2. The maximum atomic E-state index is 13.2. The SMILES string of the molecule is COc1ccc(Cl)cc1S(=O)(=O)N1CCN(CC(=O)Nc2ccc(F)c(F)c2)CC1. The third-order valence-electron chi connectivity index (χ3n) is 4.65. The Balaban J connectivity index is 1.59. The molecule has 1 heterocycles. The van der Waals surface area contributed by atoms with Gasteiger partial charge in [-0.05, 0) is 30.3 Å². The van der Waals surface area contributed by atoms with Gasteiger partial charge >= 0.3 is 0 Å². The van der Waals surface area contributed by atoms with Crippen LogP contribution in [-0.2, 0) is 14.8 Å². The van der Waals surface area contributed by atoms with Crippen molar-refractivity contribution in [1.82, 2.24) is 9.21 Å². The van der Waals surface area contributed by atoms with E-state index < -0.39 is 27.6 Å². The zero-order valence-electron chi connectivity index (χ0n) is 16.1. The molecule has 0 unspecified atom stereocenters. The van der Waals surface area contributed by atoms with E-state index in [2.05, 4.69) is 5.32 Å². The fraction of sp³-hybridized carbons (Fsp3) is 0.316. The highest BCUT2D eigenvalue weighted by Crippen LogP contribution is 2.30. The van der Waals surface area contributed by atoms with Crippen molar-refractivity contribution < 1.29 is 26.7 Å². The summed E-state index contributed by atoms with van der Waals surface area (Å²) in [7, 11) is -2.44. The van der Waals surface area contributed by atoms with Gasteiger partial charge in [0.2, 0.25) is 15.9 Å². The first-order valence-corrected chi connectivity index (χ1v) is 10.8. The number of carbonyl (C=O) groups is 1. The Bertz CT molecular complexity index is 1040. The third-order valence-corrected chi connectivity index (χ3v) is 6.80. The molecule has 1 aliphatic heterocycles. The predicted octanol–water partition coefficient (Wildman–Crippen LogP) is 2.57. The number of rotatable bonds is 6. The van der Waals surface area contributed by atoms with Gasteiger partial charge in [0.25, 0.3) is 0 Å². The van der Waals surface area contributed by atoms with Crippen LogP contribution in [-0.4, -0.2) is 63.4 Å². The average molecular weight is 460 g/mol. The molecule has 11 heteroatoms. The first kappa shape index (κ1) is 22.4. The van der Waals surface area contributed by atoms with Crippen molar-refractivity contribution in [1.29, 1.82) is 0 Å². The fourth-order valence-electron chi connectivity index (χ4n) is 3.10. The van der Waals surface area contributed by atoms with Crippen LogP contribution in [0.1, 0.15) is 0 Å². The van der Waals surface area contributed by atoms with Crippen molar-refractivity contribution >= 4 is 33.2 Å². The van der Waals surface area contributed by atoms with Crippen molar-refractivity contribution in [3.8, 4) is 5.75 Å². The van der Waals surface area contributed by atoms with Crippen LogP contribution in [0.3, 0.4) is 0 Å². The smallest absolute Gasteiger partial charge is 0.246 e. The Hall–Kier alpha value is -2.27. The van der Waals surface area contributed by atoms with Gasteiger partial charge in [-0.15, -0.1) is 0 Å². The van der Waals surface area contributed by atoms with Crippen LogP contribution < -0.4 is 10.1 Å². The second-order valence-corrected chi connectivity index (χ2v) is 9.00. The van der Waals surface area contributed by atoms with Crippen LogP contribution in [0.2, 0.25) is 5.02 Å². The molecule has 30 heavy (non-hydrogen) atoms. The highest BCUT2D eigenvalue weighted by molar-refractivity contribution is 7.89. The van der Waals surface area contributed by atoms with Crippen LogP contribution in [0.5, 0.6) is 5.75 Å². The summed E-state index contributed by atoms with van der Waals surface area (Å²) >= 11 is 5.95. The molecule has 1 N–H and O–H groups in total. The molecule has 0 saturated carbocycles. The summed E-state index contributed by atoms with van der Waals surface area (Å²) in [6, 6.07) is 7.47. The van der Waals surface area contributed by atoms with Gasteiger partial charge in [-0.2, -0.15) is 4.31 Å². The number of amides is 1. The normalized spacial score (nSPS) is 15.7. The monoisotopic (exact) mass is 459 g/mol. The highest BCUT2D eigenvalue weighted by Gasteiger charge is 2.31. The van der Waals surface area contributed by atoms with Crippen LogP contribution in [0.15, 0.2) is 41.3 Å². The molecular formula is C19H20ClF2N3O4S. The Morgan fingerprint density at radius 1 is 1.10 bits per heavy atom. The quantitative estimate of drug-likeness (QED) is 0.718. The Labute approximate surface area is 178 Å². The second-order valence-electron chi connectivity index (χ2n) is 6.65. The lowest BCUT2D eigenvalue weighted by Crippen LogP contribution is -2.50. The Kier molecular flexibility index (Phi) is 6.91. The lowest BCUT2D eigenvalue weighted by atomic mass is 10.3. The van der Waals surface area contributed by atoms with Crippen molar-refractivity contribution in [3.05, 3.63) is 53.1 Å². The van der Waals surface area contributed by atoms with E-state index in [1.807, 2.05) is 0 Å². The number of anilines is 1. The van der Waals surface area contributed by atoms with E-state index in [1.165, 1.54) is 29.6 Å². The summed E-state index contributed by atoms with van der Waals surface area (Å²) in [4.78, 5) is 13.9. The van der Waals surface area contributed by atoms with Gasteiger partial charge in [0.15, 0.2) is 11.6 Å². The highest BCUT2D eigenvalue weighted by atomic mass is 35.5. The Morgan fingerprint density at radius 3 is 2.43 bits per heavy atom. The van der Waals surface area contributed by atoms with Gasteiger partial charge in [-0.3, -0.25) is 9.69 Å². The molecule has 0 aliphatic carbocycles. The van der Waals surface area contributed by atoms with E-state index >= 15 is 0 Å². The standard InChI is InChI=1S/C19H20ClF2N3O4S/c1-29-17-5-2-13(20)10-18(17)30(27,28)25-8-6-24(7-9-25)12-19(26)23-14-3-4-15(21)16(22)11-14/h2-5,10-11H,6-9,12H2,1H3,(H,23,26). The summed E-state index contributed by atoms with van der Waals surface area (Å²) < 4.78 is 58.6. The first-order chi connectivity index (χ1) is 14.2. The number of carbonyl (C=O) groups excluding carboxylic acids is 1. The molecule has 1 fully saturated rings. The minimum absolute atomic E-state index is 0.00658. The summed E-state index contributed by atoms with van der Waals surface area (Å²) in [5, 5.41) is 2.78. The molecular weight excluding hydrogens is 440 g/mol. The van der Waals surface area contributed by atoms with E-state index in [0.717, 1.165) is 12.1 Å². The lowest BCUT2D eigenvalue weighted by molar-refractivity contribution is -0.117. The van der Waals surface area contributed by atoms with E-state index in [9.17, 15) is 22.0 Å². The zero-order chi connectivity index (χ0) is 21.9. The lowest BCUT2D eigenvalue weighted by Gasteiger charge is -2.33. The van der Waals surface area contributed by atoms with Gasteiger partial charge in [-0.1, -0.05) is 11.6 Å². The molecule has 7 nitrogen and oxygen atoms in total. The minimum atomic E-state index is -3.82. The molecule has 2 aromatic carbocycles. The van der Waals surface area contributed by atoms with Crippen LogP contribution >= 0.6 is 11.6 Å². The molecule has 1 amide bonds. The summed E-state index contributed by atoms with van der Waals surface area (Å²) in [5.41, 5.74) is 0.146. The summed E-state index contributed by atoms with van der Waals surface area (Å²) in [6.45, 7) is 1.00. The molecule has 0 bridgehead atoms. The molecule has 2 aromatic rings. The number of methoxy groups -OCH3 is 1. The third kappa shape index (κ3) is 5.07. The minimum Gasteiger partial charge on any atom is -0.495 e. The number of benzene rings is 2. The van der Waals surface area contributed by atoms with Crippen molar-refractivity contribution in [2.24, 2.45) is 0 Å². The number of ether oxygens (including phenoxy) is 1. The molecule has 1 aliphatic rings. The summed E-state index contributed by atoms with van der Waals surface area (Å²) in [5.74, 6) is -2.26. The number of halogens is 3. The number of hydrogen-bond acceptors (Lipinski definition) is 5. The summed E-state index contributed by atoms with van der Waals surface area (Å²) in [6.07, 6.45) is 0. The number of nitrogens with zero attached hydrogens (tertiary/aromatic N) is 2. The molecule has 1 saturated heterocycles. The van der Waals surface area contributed by atoms with Gasteiger partial charge in [0.05, 0.1) is 13.7 Å². The van der Waals surface area contributed by atoms with E-state index in [0.29, 0.717) is 13.1 Å². The van der Waals surface area contributed by atoms with Crippen molar-refractivity contribution in [2.75, 3.05) is 45.2 Å². The number of hydrogen-bond donors (Lipinski definition) is 1. The van der Waals surface area contributed by atoms with Gasteiger partial charge in [-0.25, -0.2) is 17.2 Å². The number of sulfonamides is 1. The molecule has 0 aromatic heterocycles. The number of nitrogens with one attached hydrogen (secondary N) is 1. The van der Waals surface area contributed by atoms with Crippen LogP contribution in [0, 0.1) is 11.6 Å². The molecule has 162 valence electrons. The molecule has 0 spiro atoms. The van der Waals surface area contributed by atoms with Gasteiger partial charge in [0, 0.05) is 43.0 Å². The second kappa shape index (κ2) is 9.25. The Morgan fingerprint density at radius 2 is 1.80 bits per heavy atom. The van der Waals surface area contributed by atoms with Crippen LogP contribution in [0.4, 0.5) is 14.5 Å². The van der Waals surface area contributed by atoms with E-state index in [4.69, 9.17) is 16.3 Å². The van der Waals surface area contributed by atoms with Gasteiger partial charge < -0.3 is 10.1 Å². The van der Waals surface area contributed by atoms with E-state index in [1.54, 1.807) is 11.0 Å². The maximum Gasteiger partial charge on any atom is 0.246 e. The largest absolute Gasteiger partial charge is 0.495 e. The zero-order valence-corrected chi connectivity index (χ0v) is 17.6. The fourth-order valence-corrected chi connectivity index (χ4v) is 4.94.